The van der Waals surface area contributed by atoms with Crippen molar-refractivity contribution >= 4 is 11.8 Å². The third kappa shape index (κ3) is 3.88. The van der Waals surface area contributed by atoms with E-state index in [9.17, 15) is 9.59 Å². The number of carbonyl (C=O) groups is 2. The van der Waals surface area contributed by atoms with Gasteiger partial charge in [0.15, 0.2) is 0 Å². The minimum absolute atomic E-state index is 0.0699. The molecular weight excluding hydrogens is 250 g/mol. The third-order valence-corrected chi connectivity index (χ3v) is 2.89. The first-order valence-corrected chi connectivity index (χ1v) is 6.11. The Balaban J connectivity index is 1.79. The summed E-state index contributed by atoms with van der Waals surface area (Å²) < 4.78 is 5.28. The van der Waals surface area contributed by atoms with Crippen molar-refractivity contribution in [2.45, 2.75) is 6.10 Å². The predicted octanol–water partition coefficient (Wildman–Crippen LogP) is -1.04. The summed E-state index contributed by atoms with van der Waals surface area (Å²) in [6.07, 6.45) is 1.35. The maximum absolute atomic E-state index is 11.7. The molecular formula is C12H17N3O4. The molecule has 2 heterocycles. The third-order valence-electron chi connectivity index (χ3n) is 2.89. The first kappa shape index (κ1) is 13.7. The zero-order chi connectivity index (χ0) is 13.7. The first-order valence-electron chi connectivity index (χ1n) is 6.11. The highest BCUT2D eigenvalue weighted by Crippen LogP contribution is 2.04. The number of H-pyrrole nitrogens is 1. The second kappa shape index (κ2) is 6.46. The number of nitrogens with zero attached hydrogens (tertiary/aromatic N) is 1. The molecule has 7 heteroatoms. The van der Waals surface area contributed by atoms with E-state index in [4.69, 9.17) is 9.84 Å². The largest absolute Gasteiger partial charge is 0.394 e. The number of aliphatic hydroxyl groups is 1. The molecule has 1 aromatic heterocycles. The van der Waals surface area contributed by atoms with Gasteiger partial charge in [-0.2, -0.15) is 0 Å². The zero-order valence-corrected chi connectivity index (χ0v) is 10.5. The van der Waals surface area contributed by atoms with Crippen LogP contribution in [0.4, 0.5) is 0 Å². The highest BCUT2D eigenvalue weighted by Gasteiger charge is 2.22. The number of ether oxygens (including phenoxy) is 1. The fraction of sp³-hybridized carbons (Fsp3) is 0.500. The second-order valence-corrected chi connectivity index (χ2v) is 4.37. The summed E-state index contributed by atoms with van der Waals surface area (Å²) in [5.74, 6) is -0.805. The van der Waals surface area contributed by atoms with Crippen molar-refractivity contribution in [3.8, 4) is 0 Å². The van der Waals surface area contributed by atoms with Crippen LogP contribution in [0.5, 0.6) is 0 Å². The zero-order valence-electron chi connectivity index (χ0n) is 10.5. The molecule has 1 fully saturated rings. The molecule has 1 unspecified atom stereocenters. The normalized spacial score (nSPS) is 20.2. The van der Waals surface area contributed by atoms with E-state index in [1.165, 1.54) is 0 Å². The summed E-state index contributed by atoms with van der Waals surface area (Å²) in [5, 5.41) is 11.3. The second-order valence-electron chi connectivity index (χ2n) is 4.37. The van der Waals surface area contributed by atoms with E-state index in [1.54, 1.807) is 18.3 Å². The number of amides is 2. The summed E-state index contributed by atoms with van der Waals surface area (Å²) in [4.78, 5) is 27.9. The van der Waals surface area contributed by atoms with Crippen molar-refractivity contribution in [2.24, 2.45) is 0 Å². The van der Waals surface area contributed by atoms with Gasteiger partial charge in [0.1, 0.15) is 5.69 Å². The molecule has 0 spiro atoms. The predicted molar refractivity (Wildman–Crippen MR) is 66.5 cm³/mol. The number of hydrogen-bond donors (Lipinski definition) is 3. The summed E-state index contributed by atoms with van der Waals surface area (Å²) in [6.45, 7) is 1.62. The number of aliphatic hydroxyl groups excluding tert-OH is 1. The maximum atomic E-state index is 11.7. The van der Waals surface area contributed by atoms with E-state index in [0.717, 1.165) is 0 Å². The van der Waals surface area contributed by atoms with Crippen LogP contribution in [-0.4, -0.2) is 65.8 Å². The van der Waals surface area contributed by atoms with Gasteiger partial charge in [0.25, 0.3) is 5.91 Å². The topological polar surface area (TPSA) is 94.7 Å². The molecule has 2 amide bonds. The quantitative estimate of drug-likeness (QED) is 0.648. The van der Waals surface area contributed by atoms with Gasteiger partial charge in [-0.1, -0.05) is 0 Å². The van der Waals surface area contributed by atoms with Crippen molar-refractivity contribution < 1.29 is 19.4 Å². The van der Waals surface area contributed by atoms with Crippen molar-refractivity contribution in [3.05, 3.63) is 24.0 Å². The number of rotatable bonds is 4. The van der Waals surface area contributed by atoms with Gasteiger partial charge in [-0.15, -0.1) is 0 Å². The number of aromatic amines is 1. The van der Waals surface area contributed by atoms with E-state index in [-0.39, 0.29) is 25.2 Å². The Labute approximate surface area is 110 Å². The van der Waals surface area contributed by atoms with Crippen molar-refractivity contribution in [1.29, 1.82) is 0 Å². The summed E-state index contributed by atoms with van der Waals surface area (Å²) >= 11 is 0. The number of imide groups is 1. The van der Waals surface area contributed by atoms with Gasteiger partial charge in [-0.25, -0.2) is 0 Å². The molecule has 0 aromatic carbocycles. The fourth-order valence-electron chi connectivity index (χ4n) is 1.94. The van der Waals surface area contributed by atoms with Crippen LogP contribution in [0.25, 0.3) is 0 Å². The van der Waals surface area contributed by atoms with E-state index < -0.39 is 5.91 Å². The van der Waals surface area contributed by atoms with Crippen molar-refractivity contribution in [1.82, 2.24) is 15.2 Å². The smallest absolute Gasteiger partial charge is 0.274 e. The molecule has 1 aromatic rings. The maximum Gasteiger partial charge on any atom is 0.274 e. The summed E-state index contributed by atoms with van der Waals surface area (Å²) in [5.41, 5.74) is 0.351. The van der Waals surface area contributed by atoms with Gasteiger partial charge < -0.3 is 14.8 Å². The Morgan fingerprint density at radius 1 is 1.58 bits per heavy atom. The molecule has 1 aliphatic heterocycles. The lowest BCUT2D eigenvalue weighted by atomic mass is 10.3. The Morgan fingerprint density at radius 3 is 3.11 bits per heavy atom. The Kier molecular flexibility index (Phi) is 4.67. The van der Waals surface area contributed by atoms with Crippen molar-refractivity contribution in [3.63, 3.8) is 0 Å². The fourth-order valence-corrected chi connectivity index (χ4v) is 1.94. The highest BCUT2D eigenvalue weighted by atomic mass is 16.5. The van der Waals surface area contributed by atoms with Crippen LogP contribution in [0.2, 0.25) is 0 Å². The molecule has 0 saturated carbocycles. The number of aromatic nitrogens is 1. The van der Waals surface area contributed by atoms with Gasteiger partial charge in [0.2, 0.25) is 5.91 Å². The van der Waals surface area contributed by atoms with Crippen LogP contribution in [0.15, 0.2) is 18.3 Å². The minimum atomic E-state index is -0.443. The average Bonchev–Trinajstić information content (AvgIpc) is 2.92. The summed E-state index contributed by atoms with van der Waals surface area (Å²) in [7, 11) is 0. The van der Waals surface area contributed by atoms with Gasteiger partial charge in [0.05, 0.1) is 25.9 Å². The molecule has 104 valence electrons. The van der Waals surface area contributed by atoms with Crippen LogP contribution < -0.4 is 5.32 Å². The van der Waals surface area contributed by atoms with Gasteiger partial charge in [-0.3, -0.25) is 19.8 Å². The van der Waals surface area contributed by atoms with Crippen LogP contribution in [0.3, 0.4) is 0 Å². The Morgan fingerprint density at radius 2 is 2.42 bits per heavy atom. The van der Waals surface area contributed by atoms with Crippen LogP contribution in [0.1, 0.15) is 10.5 Å². The number of nitrogens with one attached hydrogen (secondary N) is 2. The number of hydrogen-bond acceptors (Lipinski definition) is 5. The monoisotopic (exact) mass is 267 g/mol. The molecule has 2 rings (SSSR count). The first-order chi connectivity index (χ1) is 9.19. The SMILES string of the molecule is O=C(CN1CCOC(CO)C1)NC(=O)c1ccc[nH]1. The average molecular weight is 267 g/mol. The van der Waals surface area contributed by atoms with Gasteiger partial charge in [0, 0.05) is 19.3 Å². The van der Waals surface area contributed by atoms with Gasteiger partial charge >= 0.3 is 0 Å². The number of carbonyl (C=O) groups excluding carboxylic acids is 2. The summed E-state index contributed by atoms with van der Waals surface area (Å²) in [6, 6.07) is 3.28. The minimum Gasteiger partial charge on any atom is -0.394 e. The molecule has 3 N–H and O–H groups in total. The lowest BCUT2D eigenvalue weighted by Crippen LogP contribution is -2.48. The molecule has 0 radical (unpaired) electrons. The van der Waals surface area contributed by atoms with E-state index in [2.05, 4.69) is 10.3 Å². The molecule has 7 nitrogen and oxygen atoms in total. The Bertz CT molecular complexity index is 432. The van der Waals surface area contributed by atoms with E-state index >= 15 is 0 Å². The lowest BCUT2D eigenvalue weighted by Gasteiger charge is -2.31. The molecule has 0 aliphatic carbocycles. The molecule has 1 atom stereocenters. The molecule has 19 heavy (non-hydrogen) atoms. The lowest BCUT2D eigenvalue weighted by molar-refractivity contribution is -0.124. The molecule has 0 bridgehead atoms. The standard InChI is InChI=1S/C12H17N3O4/c16-8-9-6-15(4-5-19-9)7-11(17)14-12(18)10-2-1-3-13-10/h1-3,9,13,16H,4-8H2,(H,14,17,18). The Hall–Kier alpha value is -1.70. The molecule has 1 aliphatic rings. The van der Waals surface area contributed by atoms with Crippen LogP contribution >= 0.6 is 0 Å². The highest BCUT2D eigenvalue weighted by molar-refractivity contribution is 6.04. The van der Waals surface area contributed by atoms with E-state index in [0.29, 0.717) is 25.4 Å². The number of morpholine rings is 1. The van der Waals surface area contributed by atoms with E-state index in [1.807, 2.05) is 4.90 Å². The van der Waals surface area contributed by atoms with Crippen LogP contribution in [-0.2, 0) is 9.53 Å². The van der Waals surface area contributed by atoms with Gasteiger partial charge in [-0.05, 0) is 12.1 Å². The van der Waals surface area contributed by atoms with Crippen LogP contribution in [0, 0.1) is 0 Å². The molecule has 1 saturated heterocycles. The van der Waals surface area contributed by atoms with Crippen molar-refractivity contribution in [2.75, 3.05) is 32.8 Å².